The highest BCUT2D eigenvalue weighted by atomic mass is 35.5. The van der Waals surface area contributed by atoms with E-state index in [9.17, 15) is 5.11 Å². The number of benzene rings is 2. The van der Waals surface area contributed by atoms with Gasteiger partial charge in [-0.05, 0) is 28.8 Å². The average molecular weight is 332 g/mol. The lowest BCUT2D eigenvalue weighted by molar-refractivity contribution is 0.140. The van der Waals surface area contributed by atoms with Crippen LogP contribution in [-0.4, -0.2) is 24.4 Å². The largest absolute Gasteiger partial charge is 0.486 e. The lowest BCUT2D eigenvalue weighted by Gasteiger charge is -2.22. The molecule has 2 aromatic rings. The van der Waals surface area contributed by atoms with Crippen molar-refractivity contribution in [2.75, 3.05) is 13.2 Å². The molecule has 2 aliphatic rings. The van der Waals surface area contributed by atoms with Gasteiger partial charge in [0.25, 0.3) is 0 Å². The Balaban J connectivity index is 1.52. The monoisotopic (exact) mass is 331 g/mol. The molecule has 0 aromatic heterocycles. The summed E-state index contributed by atoms with van der Waals surface area (Å²) < 4.78 is 11.1. The molecule has 4 nitrogen and oxygen atoms in total. The Bertz CT molecular complexity index is 734. The Morgan fingerprint density at radius 2 is 2.00 bits per heavy atom. The van der Waals surface area contributed by atoms with E-state index in [4.69, 9.17) is 21.1 Å². The highest BCUT2D eigenvalue weighted by Gasteiger charge is 2.30. The van der Waals surface area contributed by atoms with Crippen molar-refractivity contribution in [2.24, 2.45) is 0 Å². The van der Waals surface area contributed by atoms with Crippen LogP contribution in [0, 0.1) is 0 Å². The molecule has 23 heavy (non-hydrogen) atoms. The second-order valence-corrected chi connectivity index (χ2v) is 6.34. The zero-order valence-corrected chi connectivity index (χ0v) is 13.3. The Morgan fingerprint density at radius 1 is 1.17 bits per heavy atom. The van der Waals surface area contributed by atoms with E-state index in [0.717, 1.165) is 5.56 Å². The number of fused-ring (bicyclic) bond motifs is 2. The van der Waals surface area contributed by atoms with Gasteiger partial charge in [0.05, 0.1) is 17.2 Å². The van der Waals surface area contributed by atoms with Gasteiger partial charge in [-0.15, -0.1) is 0 Å². The smallest absolute Gasteiger partial charge is 0.179 e. The van der Waals surface area contributed by atoms with Gasteiger partial charge in [-0.3, -0.25) is 0 Å². The average Bonchev–Trinajstić information content (AvgIpc) is 2.88. The number of aliphatic hydroxyl groups is 1. The summed E-state index contributed by atoms with van der Waals surface area (Å²) in [7, 11) is 0. The van der Waals surface area contributed by atoms with E-state index < -0.39 is 6.10 Å². The number of nitrogens with one attached hydrogen (secondary N) is 1. The molecule has 0 radical (unpaired) electrons. The van der Waals surface area contributed by atoms with Gasteiger partial charge in [-0.25, -0.2) is 0 Å². The quantitative estimate of drug-likeness (QED) is 0.908. The van der Waals surface area contributed by atoms with Crippen LogP contribution >= 0.6 is 11.6 Å². The van der Waals surface area contributed by atoms with Crippen LogP contribution in [-0.2, 0) is 13.0 Å². The molecule has 0 fully saturated rings. The molecular formula is C18H18ClNO3. The van der Waals surface area contributed by atoms with Crippen LogP contribution in [0.2, 0.25) is 5.02 Å². The third kappa shape index (κ3) is 2.78. The fourth-order valence-corrected chi connectivity index (χ4v) is 3.60. The molecule has 0 unspecified atom stereocenters. The number of aliphatic hydroxyl groups excluding tert-OH is 1. The second kappa shape index (κ2) is 6.04. The minimum atomic E-state index is -0.403. The molecule has 1 aliphatic heterocycles. The predicted octanol–water partition coefficient (Wildman–Crippen LogP) is 2.86. The molecule has 1 heterocycles. The van der Waals surface area contributed by atoms with E-state index in [1.807, 2.05) is 24.3 Å². The molecule has 2 atom stereocenters. The Morgan fingerprint density at radius 3 is 2.91 bits per heavy atom. The van der Waals surface area contributed by atoms with Crippen molar-refractivity contribution in [1.82, 2.24) is 5.32 Å². The molecule has 0 spiro atoms. The molecule has 0 saturated carbocycles. The van der Waals surface area contributed by atoms with Gasteiger partial charge in [0.1, 0.15) is 13.2 Å². The summed E-state index contributed by atoms with van der Waals surface area (Å²) in [6.07, 6.45) is 0.288. The maximum absolute atomic E-state index is 10.3. The van der Waals surface area contributed by atoms with Crippen molar-refractivity contribution in [3.05, 3.63) is 58.1 Å². The van der Waals surface area contributed by atoms with Gasteiger partial charge in [0.15, 0.2) is 11.5 Å². The summed E-state index contributed by atoms with van der Waals surface area (Å²) in [5.74, 6) is 1.31. The highest BCUT2D eigenvalue weighted by Crippen LogP contribution is 2.38. The first-order valence-electron chi connectivity index (χ1n) is 7.79. The third-order valence-corrected chi connectivity index (χ3v) is 4.67. The second-order valence-electron chi connectivity index (χ2n) is 5.93. The SMILES string of the molecule is O[C@H]1Cc2ccccc2[C@H]1NCc1cc(Cl)c2c(c1)OCCO2. The Labute approximate surface area is 140 Å². The molecule has 0 saturated heterocycles. The fraction of sp³-hybridized carbons (Fsp3) is 0.333. The van der Waals surface area contributed by atoms with E-state index in [-0.39, 0.29) is 6.04 Å². The van der Waals surface area contributed by atoms with Crippen LogP contribution < -0.4 is 14.8 Å². The summed E-state index contributed by atoms with van der Waals surface area (Å²) in [4.78, 5) is 0. The lowest BCUT2D eigenvalue weighted by Crippen LogP contribution is -2.28. The van der Waals surface area contributed by atoms with E-state index in [1.165, 1.54) is 11.1 Å². The molecule has 0 amide bonds. The van der Waals surface area contributed by atoms with Crippen LogP contribution in [0.3, 0.4) is 0 Å². The summed E-state index contributed by atoms with van der Waals surface area (Å²) in [6.45, 7) is 1.66. The lowest BCUT2D eigenvalue weighted by atomic mass is 10.1. The van der Waals surface area contributed by atoms with E-state index in [0.29, 0.717) is 42.7 Å². The standard InChI is InChI=1S/C18H18ClNO3/c19-14-7-11(8-16-18(14)23-6-5-22-16)10-20-17-13-4-2-1-3-12(13)9-15(17)21/h1-4,7-8,15,17,20-21H,5-6,9-10H2/t15-,17+/m0/s1. The van der Waals surface area contributed by atoms with E-state index in [1.54, 1.807) is 0 Å². The van der Waals surface area contributed by atoms with E-state index in [2.05, 4.69) is 17.4 Å². The minimum Gasteiger partial charge on any atom is -0.486 e. The van der Waals surface area contributed by atoms with Gasteiger partial charge in [-0.2, -0.15) is 0 Å². The summed E-state index contributed by atoms with van der Waals surface area (Å²) in [6, 6.07) is 11.9. The minimum absolute atomic E-state index is 0.0572. The molecule has 4 rings (SSSR count). The normalized spacial score (nSPS) is 22.0. The van der Waals surface area contributed by atoms with Crippen molar-refractivity contribution in [1.29, 1.82) is 0 Å². The van der Waals surface area contributed by atoms with Crippen LogP contribution in [0.1, 0.15) is 22.7 Å². The molecule has 0 bridgehead atoms. The van der Waals surface area contributed by atoms with Gasteiger partial charge in [-0.1, -0.05) is 35.9 Å². The molecular weight excluding hydrogens is 314 g/mol. The summed E-state index contributed by atoms with van der Waals surface area (Å²) >= 11 is 6.27. The van der Waals surface area contributed by atoms with Crippen molar-refractivity contribution in [3.8, 4) is 11.5 Å². The Kier molecular flexibility index (Phi) is 3.89. The number of hydrogen-bond donors (Lipinski definition) is 2. The molecule has 2 N–H and O–H groups in total. The number of halogens is 1. The zero-order valence-electron chi connectivity index (χ0n) is 12.6. The fourth-order valence-electron chi connectivity index (χ4n) is 3.31. The zero-order chi connectivity index (χ0) is 15.8. The number of hydrogen-bond acceptors (Lipinski definition) is 4. The van der Waals surface area contributed by atoms with Crippen LogP contribution in [0.25, 0.3) is 0 Å². The van der Waals surface area contributed by atoms with E-state index >= 15 is 0 Å². The number of rotatable bonds is 3. The highest BCUT2D eigenvalue weighted by molar-refractivity contribution is 6.32. The van der Waals surface area contributed by atoms with Crippen LogP contribution in [0.5, 0.6) is 11.5 Å². The van der Waals surface area contributed by atoms with Gasteiger partial charge in [0.2, 0.25) is 0 Å². The molecule has 5 heteroatoms. The van der Waals surface area contributed by atoms with Crippen molar-refractivity contribution >= 4 is 11.6 Å². The molecule has 1 aliphatic carbocycles. The first-order chi connectivity index (χ1) is 11.2. The van der Waals surface area contributed by atoms with Gasteiger partial charge < -0.3 is 19.9 Å². The first-order valence-corrected chi connectivity index (χ1v) is 8.17. The van der Waals surface area contributed by atoms with Crippen molar-refractivity contribution in [2.45, 2.75) is 25.1 Å². The van der Waals surface area contributed by atoms with Crippen molar-refractivity contribution in [3.63, 3.8) is 0 Å². The van der Waals surface area contributed by atoms with Crippen LogP contribution in [0.15, 0.2) is 36.4 Å². The van der Waals surface area contributed by atoms with Crippen molar-refractivity contribution < 1.29 is 14.6 Å². The van der Waals surface area contributed by atoms with Crippen LogP contribution in [0.4, 0.5) is 0 Å². The third-order valence-electron chi connectivity index (χ3n) is 4.39. The Hall–Kier alpha value is -1.75. The maximum atomic E-state index is 10.3. The van der Waals surface area contributed by atoms with Gasteiger partial charge >= 0.3 is 0 Å². The molecule has 2 aromatic carbocycles. The number of ether oxygens (including phenoxy) is 2. The maximum Gasteiger partial charge on any atom is 0.179 e. The topological polar surface area (TPSA) is 50.7 Å². The summed E-state index contributed by atoms with van der Waals surface area (Å²) in [5, 5.41) is 14.3. The van der Waals surface area contributed by atoms with Gasteiger partial charge in [0, 0.05) is 13.0 Å². The summed E-state index contributed by atoms with van der Waals surface area (Å²) in [5.41, 5.74) is 3.39. The predicted molar refractivity (Wildman–Crippen MR) is 88.2 cm³/mol. The molecule has 120 valence electrons. The first kappa shape index (κ1) is 14.8.